The third kappa shape index (κ3) is 5.69. The lowest BCUT2D eigenvalue weighted by Crippen LogP contribution is -2.19. The van der Waals surface area contributed by atoms with Crippen LogP contribution in [-0.4, -0.2) is 42.7 Å². The number of ether oxygens (including phenoxy) is 1. The molecule has 1 N–H and O–H groups in total. The summed E-state index contributed by atoms with van der Waals surface area (Å²) < 4.78 is 5.22. The Morgan fingerprint density at radius 1 is 1.13 bits per heavy atom. The fourth-order valence-electron chi connectivity index (χ4n) is 2.10. The third-order valence-corrected chi connectivity index (χ3v) is 3.34. The molecular weight excluding hydrogens is 401 g/mol. The molecule has 0 amide bonds. The Labute approximate surface area is 152 Å². The van der Waals surface area contributed by atoms with Crippen LogP contribution in [0, 0.1) is 11.8 Å². The third-order valence-electron chi connectivity index (χ3n) is 3.34. The fourth-order valence-corrected chi connectivity index (χ4v) is 2.10. The van der Waals surface area contributed by atoms with Gasteiger partial charge in [0.25, 0.3) is 0 Å². The number of methoxy groups -OCH3 is 1. The highest BCUT2D eigenvalue weighted by molar-refractivity contribution is 14.1. The van der Waals surface area contributed by atoms with Crippen molar-refractivity contribution in [3.8, 4) is 17.6 Å². The fraction of sp³-hybridized carbons (Fsp3) is 0.368. The molecule has 1 unspecified atom stereocenters. The number of fused-ring (bicyclic) bond motifs is 1. The van der Waals surface area contributed by atoms with Crippen molar-refractivity contribution in [3.05, 3.63) is 42.0 Å². The molecule has 124 valence electrons. The first-order valence-electron chi connectivity index (χ1n) is 7.25. The average molecular weight is 425 g/mol. The summed E-state index contributed by atoms with van der Waals surface area (Å²) in [5.74, 6) is 6.76. The van der Waals surface area contributed by atoms with Crippen molar-refractivity contribution in [1.82, 2.24) is 4.90 Å². The predicted molar refractivity (Wildman–Crippen MR) is 106 cm³/mol. The van der Waals surface area contributed by atoms with Gasteiger partial charge in [-0.3, -0.25) is 4.90 Å². The molecule has 2 aromatic carbocycles. The molecule has 0 heterocycles. The van der Waals surface area contributed by atoms with E-state index in [0.717, 1.165) is 22.1 Å². The minimum absolute atomic E-state index is 0.626. The van der Waals surface area contributed by atoms with Crippen molar-refractivity contribution in [2.24, 2.45) is 0 Å². The molecule has 0 bridgehead atoms. The van der Waals surface area contributed by atoms with Crippen LogP contribution in [0.1, 0.15) is 12.5 Å². The molecule has 4 heteroatoms. The van der Waals surface area contributed by atoms with Crippen LogP contribution in [0.2, 0.25) is 0 Å². The molecule has 0 aromatic heterocycles. The Balaban J connectivity index is 0.00000127. The SMILES string of the molecule is CI.COc1ccc2cc(C(C)(O)C#CCN(C)C)ccc2c1. The van der Waals surface area contributed by atoms with E-state index in [1.807, 2.05) is 60.3 Å². The quantitative estimate of drug-likeness (QED) is 0.463. The van der Waals surface area contributed by atoms with E-state index in [0.29, 0.717) is 6.54 Å². The van der Waals surface area contributed by atoms with Gasteiger partial charge in [-0.25, -0.2) is 0 Å². The topological polar surface area (TPSA) is 32.7 Å². The van der Waals surface area contributed by atoms with Crippen LogP contribution in [0.3, 0.4) is 0 Å². The number of halogens is 1. The zero-order valence-electron chi connectivity index (χ0n) is 14.4. The highest BCUT2D eigenvalue weighted by atomic mass is 127. The van der Waals surface area contributed by atoms with Crippen molar-refractivity contribution in [1.29, 1.82) is 0 Å². The second-order valence-corrected chi connectivity index (χ2v) is 5.54. The Hall–Kier alpha value is -1.29. The standard InChI is InChI=1S/C18H21NO2.CH3I/c1-18(20,10-5-11-19(2)3)16-8-6-15-13-17(21-4)9-7-14(15)12-16;1-2/h6-9,12-13,20H,11H2,1-4H3;1H3. The minimum atomic E-state index is -1.15. The number of alkyl halides is 1. The van der Waals surface area contributed by atoms with Gasteiger partial charge in [0.05, 0.1) is 13.7 Å². The number of benzene rings is 2. The van der Waals surface area contributed by atoms with Gasteiger partial charge in [0, 0.05) is 0 Å². The van der Waals surface area contributed by atoms with Gasteiger partial charge in [0.1, 0.15) is 11.4 Å². The van der Waals surface area contributed by atoms with Crippen LogP contribution in [0.4, 0.5) is 0 Å². The van der Waals surface area contributed by atoms with Crippen molar-refractivity contribution in [3.63, 3.8) is 0 Å². The molecule has 0 aliphatic carbocycles. The summed E-state index contributed by atoms with van der Waals surface area (Å²) in [6, 6.07) is 11.7. The van der Waals surface area contributed by atoms with Crippen LogP contribution in [0.15, 0.2) is 36.4 Å². The smallest absolute Gasteiger partial charge is 0.148 e. The van der Waals surface area contributed by atoms with Gasteiger partial charge in [-0.2, -0.15) is 0 Å². The lowest BCUT2D eigenvalue weighted by atomic mass is 9.94. The van der Waals surface area contributed by atoms with Crippen LogP contribution < -0.4 is 4.74 Å². The summed E-state index contributed by atoms with van der Waals surface area (Å²) in [5.41, 5.74) is -0.351. The molecule has 0 saturated carbocycles. The van der Waals surface area contributed by atoms with Crippen molar-refractivity contribution in [2.45, 2.75) is 12.5 Å². The van der Waals surface area contributed by atoms with Gasteiger partial charge in [-0.05, 0) is 60.5 Å². The number of aliphatic hydroxyl groups is 1. The number of rotatable bonds is 3. The van der Waals surface area contributed by atoms with Crippen LogP contribution >= 0.6 is 22.6 Å². The summed E-state index contributed by atoms with van der Waals surface area (Å²) in [5, 5.41) is 12.7. The van der Waals surface area contributed by atoms with Crippen LogP contribution in [-0.2, 0) is 5.60 Å². The summed E-state index contributed by atoms with van der Waals surface area (Å²) in [7, 11) is 5.56. The largest absolute Gasteiger partial charge is 0.497 e. The van der Waals surface area contributed by atoms with E-state index in [9.17, 15) is 5.11 Å². The van der Waals surface area contributed by atoms with E-state index in [1.54, 1.807) is 14.0 Å². The highest BCUT2D eigenvalue weighted by Crippen LogP contribution is 2.26. The maximum absolute atomic E-state index is 10.5. The molecule has 0 saturated heterocycles. The molecule has 0 radical (unpaired) electrons. The van der Waals surface area contributed by atoms with E-state index < -0.39 is 5.60 Å². The summed E-state index contributed by atoms with van der Waals surface area (Å²) in [6.45, 7) is 2.35. The molecule has 0 aliphatic heterocycles. The average Bonchev–Trinajstić information content (AvgIpc) is 2.55. The zero-order valence-corrected chi connectivity index (χ0v) is 16.5. The minimum Gasteiger partial charge on any atom is -0.497 e. The molecule has 3 nitrogen and oxygen atoms in total. The normalized spacial score (nSPS) is 12.7. The molecular formula is C19H24INO2. The number of nitrogens with zero attached hydrogens (tertiary/aromatic N) is 1. The molecule has 0 aliphatic rings. The van der Waals surface area contributed by atoms with E-state index in [4.69, 9.17) is 4.74 Å². The van der Waals surface area contributed by atoms with E-state index >= 15 is 0 Å². The van der Waals surface area contributed by atoms with Gasteiger partial charge in [-0.1, -0.05) is 52.6 Å². The van der Waals surface area contributed by atoms with Gasteiger partial charge in [0.15, 0.2) is 0 Å². The first kappa shape index (κ1) is 19.8. The molecule has 1 atom stereocenters. The summed E-state index contributed by atoms with van der Waals surface area (Å²) in [4.78, 5) is 3.94. The van der Waals surface area contributed by atoms with Crippen LogP contribution in [0.25, 0.3) is 10.8 Å². The zero-order chi connectivity index (χ0) is 17.5. The molecule has 0 spiro atoms. The van der Waals surface area contributed by atoms with Crippen LogP contribution in [0.5, 0.6) is 5.75 Å². The number of hydrogen-bond acceptors (Lipinski definition) is 3. The molecule has 2 aromatic rings. The highest BCUT2D eigenvalue weighted by Gasteiger charge is 2.20. The van der Waals surface area contributed by atoms with Gasteiger partial charge in [0.2, 0.25) is 0 Å². The van der Waals surface area contributed by atoms with Gasteiger partial charge >= 0.3 is 0 Å². The Morgan fingerprint density at radius 3 is 2.35 bits per heavy atom. The summed E-state index contributed by atoms with van der Waals surface area (Å²) >= 11 is 2.15. The van der Waals surface area contributed by atoms with E-state index in [2.05, 4.69) is 34.4 Å². The Morgan fingerprint density at radius 2 is 1.74 bits per heavy atom. The monoisotopic (exact) mass is 425 g/mol. The van der Waals surface area contributed by atoms with E-state index in [-0.39, 0.29) is 0 Å². The lowest BCUT2D eigenvalue weighted by Gasteiger charge is -2.18. The maximum atomic E-state index is 10.5. The van der Waals surface area contributed by atoms with Crippen molar-refractivity contribution >= 4 is 33.4 Å². The molecule has 0 fully saturated rings. The van der Waals surface area contributed by atoms with E-state index in [1.165, 1.54) is 0 Å². The van der Waals surface area contributed by atoms with Gasteiger partial charge in [-0.15, -0.1) is 0 Å². The second kappa shape index (κ2) is 9.11. The maximum Gasteiger partial charge on any atom is 0.148 e. The Bertz CT molecular complexity index is 699. The second-order valence-electron chi connectivity index (χ2n) is 5.54. The first-order valence-corrected chi connectivity index (χ1v) is 9.41. The van der Waals surface area contributed by atoms with Gasteiger partial charge < -0.3 is 9.84 Å². The van der Waals surface area contributed by atoms with Crippen molar-refractivity contribution in [2.75, 3.05) is 32.7 Å². The lowest BCUT2D eigenvalue weighted by molar-refractivity contribution is 0.122. The first-order chi connectivity index (χ1) is 10.9. The predicted octanol–water partition coefficient (Wildman–Crippen LogP) is 3.67. The number of hydrogen-bond donors (Lipinski definition) is 1. The molecule has 23 heavy (non-hydrogen) atoms. The Kier molecular flexibility index (Phi) is 7.83. The molecule has 2 rings (SSSR count). The summed E-state index contributed by atoms with van der Waals surface area (Å²) in [6.07, 6.45) is 0. The van der Waals surface area contributed by atoms with Crippen molar-refractivity contribution < 1.29 is 9.84 Å².